The molecule has 0 saturated carbocycles. The Morgan fingerprint density at radius 3 is 2.61 bits per heavy atom. The van der Waals surface area contributed by atoms with Gasteiger partial charge in [0.25, 0.3) is 0 Å². The van der Waals surface area contributed by atoms with Gasteiger partial charge in [0.15, 0.2) is 5.82 Å². The molecule has 1 unspecified atom stereocenters. The molecule has 122 valence electrons. The molecule has 0 radical (unpaired) electrons. The highest BCUT2D eigenvalue weighted by Gasteiger charge is 2.12. The van der Waals surface area contributed by atoms with Crippen molar-refractivity contribution in [3.63, 3.8) is 0 Å². The molecular formula is C17H22N4O2. The first-order chi connectivity index (χ1) is 11.2. The molecule has 6 nitrogen and oxygen atoms in total. The van der Waals surface area contributed by atoms with Crippen molar-refractivity contribution < 1.29 is 9.84 Å². The maximum atomic E-state index is 10.1. The molecule has 6 heteroatoms. The smallest absolute Gasteiger partial charge is 0.150 e. The van der Waals surface area contributed by atoms with Crippen molar-refractivity contribution in [3.8, 4) is 11.8 Å². The third-order valence-electron chi connectivity index (χ3n) is 3.46. The van der Waals surface area contributed by atoms with E-state index in [2.05, 4.69) is 16.2 Å². The third kappa shape index (κ3) is 4.80. The lowest BCUT2D eigenvalue weighted by Crippen LogP contribution is -2.25. The van der Waals surface area contributed by atoms with Gasteiger partial charge < -0.3 is 9.84 Å². The standard InChI is InChI=1S/C17H22N4O2/c1-3-16-19-17(4-2)21(20-16)11-14(22)12-23-15-7-5-13(6-8-15)9-10-18/h5-8,14,22H,3-4,9,11-12H2,1-2H3. The van der Waals surface area contributed by atoms with Crippen LogP contribution >= 0.6 is 0 Å². The van der Waals surface area contributed by atoms with Crippen LogP contribution in [0.1, 0.15) is 31.1 Å². The molecule has 1 N–H and O–H groups in total. The van der Waals surface area contributed by atoms with Gasteiger partial charge in [0.1, 0.15) is 24.3 Å². The van der Waals surface area contributed by atoms with Crippen molar-refractivity contribution in [2.75, 3.05) is 6.61 Å². The second-order valence-electron chi connectivity index (χ2n) is 5.28. The van der Waals surface area contributed by atoms with Gasteiger partial charge >= 0.3 is 0 Å². The molecule has 0 aliphatic carbocycles. The van der Waals surface area contributed by atoms with Crippen LogP contribution in [0.15, 0.2) is 24.3 Å². The molecule has 1 heterocycles. The summed E-state index contributed by atoms with van der Waals surface area (Å²) in [6.07, 6.45) is 1.28. The minimum absolute atomic E-state index is 0.183. The van der Waals surface area contributed by atoms with Crippen LogP contribution in [0.4, 0.5) is 0 Å². The minimum Gasteiger partial charge on any atom is -0.491 e. The molecule has 0 aliphatic rings. The molecule has 0 aliphatic heterocycles. The number of nitrogens with zero attached hydrogens (tertiary/aromatic N) is 4. The van der Waals surface area contributed by atoms with Crippen LogP contribution < -0.4 is 4.74 Å². The molecule has 0 fully saturated rings. The monoisotopic (exact) mass is 314 g/mol. The fourth-order valence-electron chi connectivity index (χ4n) is 2.22. The molecule has 0 amide bonds. The zero-order valence-electron chi connectivity index (χ0n) is 13.6. The number of nitriles is 1. The number of hydrogen-bond donors (Lipinski definition) is 1. The third-order valence-corrected chi connectivity index (χ3v) is 3.46. The summed E-state index contributed by atoms with van der Waals surface area (Å²) in [7, 11) is 0. The average Bonchev–Trinajstić information content (AvgIpc) is 2.96. The molecule has 0 saturated heterocycles. The van der Waals surface area contributed by atoms with Gasteiger partial charge in [-0.25, -0.2) is 9.67 Å². The lowest BCUT2D eigenvalue weighted by atomic mass is 10.2. The van der Waals surface area contributed by atoms with Crippen molar-refractivity contribution in [2.45, 2.75) is 45.8 Å². The Morgan fingerprint density at radius 2 is 2.00 bits per heavy atom. The van der Waals surface area contributed by atoms with Crippen LogP contribution in [-0.2, 0) is 25.8 Å². The molecular weight excluding hydrogens is 292 g/mol. The van der Waals surface area contributed by atoms with Crippen LogP contribution in [0, 0.1) is 11.3 Å². The van der Waals surface area contributed by atoms with Crippen LogP contribution in [0.5, 0.6) is 5.75 Å². The molecule has 2 aromatic rings. The van der Waals surface area contributed by atoms with Gasteiger partial charge in [0.05, 0.1) is 19.0 Å². The summed E-state index contributed by atoms with van der Waals surface area (Å²) >= 11 is 0. The lowest BCUT2D eigenvalue weighted by Gasteiger charge is -2.13. The normalized spacial score (nSPS) is 11.9. The van der Waals surface area contributed by atoms with E-state index >= 15 is 0 Å². The summed E-state index contributed by atoms with van der Waals surface area (Å²) in [6.45, 7) is 4.57. The van der Waals surface area contributed by atoms with Gasteiger partial charge in [-0.15, -0.1) is 0 Å². The molecule has 0 bridgehead atoms. The second kappa shape index (κ2) is 8.30. The predicted molar refractivity (Wildman–Crippen MR) is 86.0 cm³/mol. The maximum Gasteiger partial charge on any atom is 0.150 e. The molecule has 1 aromatic carbocycles. The molecule has 2 rings (SSSR count). The first-order valence-corrected chi connectivity index (χ1v) is 7.85. The number of aliphatic hydroxyl groups is 1. The van der Waals surface area contributed by atoms with Crippen molar-refractivity contribution in [3.05, 3.63) is 41.5 Å². The number of ether oxygens (including phenoxy) is 1. The van der Waals surface area contributed by atoms with Gasteiger partial charge in [-0.3, -0.25) is 0 Å². The first-order valence-electron chi connectivity index (χ1n) is 7.85. The largest absolute Gasteiger partial charge is 0.491 e. The second-order valence-corrected chi connectivity index (χ2v) is 5.28. The molecule has 1 aromatic heterocycles. The topological polar surface area (TPSA) is 84.0 Å². The van der Waals surface area contributed by atoms with Crippen LogP contribution in [0.2, 0.25) is 0 Å². The summed E-state index contributed by atoms with van der Waals surface area (Å²) < 4.78 is 7.34. The van der Waals surface area contributed by atoms with Crippen LogP contribution in [0.25, 0.3) is 0 Å². The number of benzene rings is 1. The Kier molecular flexibility index (Phi) is 6.12. The first kappa shape index (κ1) is 17.0. The van der Waals surface area contributed by atoms with Crippen LogP contribution in [0.3, 0.4) is 0 Å². The zero-order chi connectivity index (χ0) is 16.7. The summed E-state index contributed by atoms with van der Waals surface area (Å²) in [4.78, 5) is 4.42. The van der Waals surface area contributed by atoms with Gasteiger partial charge in [0.2, 0.25) is 0 Å². The Bertz CT molecular complexity index is 658. The fraction of sp³-hybridized carbons (Fsp3) is 0.471. The quantitative estimate of drug-likeness (QED) is 0.804. The SMILES string of the molecule is CCc1nc(CC)n(CC(O)COc2ccc(CC#N)cc2)n1. The number of aliphatic hydroxyl groups excluding tert-OH is 1. The zero-order valence-corrected chi connectivity index (χ0v) is 13.6. The Labute approximate surface area is 136 Å². The predicted octanol–water partition coefficient (Wildman–Crippen LogP) is 1.91. The van der Waals surface area contributed by atoms with Crippen LogP contribution in [-0.4, -0.2) is 32.6 Å². The van der Waals surface area contributed by atoms with Gasteiger partial charge in [-0.1, -0.05) is 26.0 Å². The Balaban J connectivity index is 1.88. The van der Waals surface area contributed by atoms with E-state index in [1.165, 1.54) is 0 Å². The van der Waals surface area contributed by atoms with Crippen molar-refractivity contribution in [1.29, 1.82) is 5.26 Å². The van der Waals surface area contributed by atoms with E-state index in [1.807, 2.05) is 38.1 Å². The minimum atomic E-state index is -0.662. The Morgan fingerprint density at radius 1 is 1.26 bits per heavy atom. The number of rotatable bonds is 8. The van der Waals surface area contributed by atoms with E-state index in [-0.39, 0.29) is 6.61 Å². The lowest BCUT2D eigenvalue weighted by molar-refractivity contribution is 0.0883. The number of aryl methyl sites for hydroxylation is 2. The fourth-order valence-corrected chi connectivity index (χ4v) is 2.22. The van der Waals surface area contributed by atoms with Gasteiger partial charge in [0, 0.05) is 12.8 Å². The summed E-state index contributed by atoms with van der Waals surface area (Å²) in [5.41, 5.74) is 0.947. The highest BCUT2D eigenvalue weighted by Crippen LogP contribution is 2.13. The van der Waals surface area contributed by atoms with E-state index in [0.29, 0.717) is 18.7 Å². The van der Waals surface area contributed by atoms with Gasteiger partial charge in [-0.2, -0.15) is 10.4 Å². The van der Waals surface area contributed by atoms with E-state index in [0.717, 1.165) is 30.1 Å². The summed E-state index contributed by atoms with van der Waals surface area (Å²) in [5.74, 6) is 2.35. The Hall–Kier alpha value is -2.39. The molecule has 1 atom stereocenters. The highest BCUT2D eigenvalue weighted by molar-refractivity contribution is 5.28. The summed E-state index contributed by atoms with van der Waals surface area (Å²) in [5, 5.41) is 23.2. The number of hydrogen-bond acceptors (Lipinski definition) is 5. The van der Waals surface area contributed by atoms with Crippen molar-refractivity contribution in [2.24, 2.45) is 0 Å². The number of aromatic nitrogens is 3. The van der Waals surface area contributed by atoms with Gasteiger partial charge in [-0.05, 0) is 17.7 Å². The van der Waals surface area contributed by atoms with E-state index in [9.17, 15) is 5.11 Å². The molecule has 0 spiro atoms. The van der Waals surface area contributed by atoms with E-state index in [1.54, 1.807) is 4.68 Å². The van der Waals surface area contributed by atoms with Crippen molar-refractivity contribution in [1.82, 2.24) is 14.8 Å². The highest BCUT2D eigenvalue weighted by atomic mass is 16.5. The summed E-state index contributed by atoms with van der Waals surface area (Å²) in [6, 6.07) is 9.42. The van der Waals surface area contributed by atoms with E-state index in [4.69, 9.17) is 10.00 Å². The molecule has 23 heavy (non-hydrogen) atoms. The average molecular weight is 314 g/mol. The van der Waals surface area contributed by atoms with Crippen molar-refractivity contribution >= 4 is 0 Å². The maximum absolute atomic E-state index is 10.1. The van der Waals surface area contributed by atoms with E-state index < -0.39 is 6.10 Å².